The molecule has 1 atom stereocenters. The molecule has 0 saturated carbocycles. The lowest BCUT2D eigenvalue weighted by molar-refractivity contribution is 0.387. The lowest BCUT2D eigenvalue weighted by Gasteiger charge is -2.20. The van der Waals surface area contributed by atoms with Gasteiger partial charge in [0.25, 0.3) is 0 Å². The van der Waals surface area contributed by atoms with Gasteiger partial charge < -0.3 is 20.4 Å². The van der Waals surface area contributed by atoms with E-state index in [4.69, 9.17) is 0 Å². The van der Waals surface area contributed by atoms with Gasteiger partial charge in [0.15, 0.2) is 5.16 Å². The van der Waals surface area contributed by atoms with E-state index < -0.39 is 29.4 Å². The van der Waals surface area contributed by atoms with Crippen molar-refractivity contribution in [1.82, 2.24) is 19.9 Å². The number of rotatable bonds is 3. The summed E-state index contributed by atoms with van der Waals surface area (Å²) < 4.78 is 0. The number of aryl methyl sites for hydroxylation is 1. The quantitative estimate of drug-likeness (QED) is 0.354. The molecule has 0 aliphatic carbocycles. The minimum absolute atomic E-state index is 0.0853. The zero-order valence-corrected chi connectivity index (χ0v) is 13.9. The van der Waals surface area contributed by atoms with Crippen LogP contribution >= 0.6 is 12.6 Å². The molecule has 9 heteroatoms. The third-order valence-electron chi connectivity index (χ3n) is 3.62. The van der Waals surface area contributed by atoms with Crippen LogP contribution in [-0.4, -0.2) is 40.4 Å². The second-order valence-electron chi connectivity index (χ2n) is 5.26. The number of nitrogens with zero attached hydrogens (tertiary/aromatic N) is 4. The van der Waals surface area contributed by atoms with Gasteiger partial charge in [0.1, 0.15) is 5.82 Å². The molecule has 4 N–H and O–H groups in total. The topological polar surface area (TPSA) is 132 Å². The third kappa shape index (κ3) is 3.13. The van der Waals surface area contributed by atoms with Crippen LogP contribution in [0, 0.1) is 6.92 Å². The highest BCUT2D eigenvalue weighted by molar-refractivity contribution is 7.80. The second-order valence-corrected chi connectivity index (χ2v) is 5.66. The van der Waals surface area contributed by atoms with Crippen molar-refractivity contribution in [2.45, 2.75) is 18.0 Å². The molecule has 0 saturated heterocycles. The van der Waals surface area contributed by atoms with Crippen molar-refractivity contribution in [3.8, 4) is 23.5 Å². The molecule has 0 spiro atoms. The molecule has 8 nitrogen and oxygen atoms in total. The molecule has 0 bridgehead atoms. The Balaban J connectivity index is 2.34. The molecular formula is C16H14N4O4S. The van der Waals surface area contributed by atoms with Crippen LogP contribution in [0.25, 0.3) is 0 Å². The molecule has 0 fully saturated rings. The van der Waals surface area contributed by atoms with Crippen LogP contribution in [0.15, 0.2) is 35.5 Å². The highest BCUT2D eigenvalue weighted by Gasteiger charge is 2.31. The Hall–Kier alpha value is -3.07. The first-order chi connectivity index (χ1) is 11.9. The highest BCUT2D eigenvalue weighted by Crippen LogP contribution is 2.45. The molecule has 3 rings (SSSR count). The summed E-state index contributed by atoms with van der Waals surface area (Å²) >= 11 is 3.90. The third-order valence-corrected chi connectivity index (χ3v) is 3.82. The first kappa shape index (κ1) is 16.8. The predicted octanol–water partition coefficient (Wildman–Crippen LogP) is 1.87. The number of thiol groups is 1. The van der Waals surface area contributed by atoms with Gasteiger partial charge in [0.2, 0.25) is 23.5 Å². The molecule has 0 aliphatic rings. The minimum Gasteiger partial charge on any atom is -0.493 e. The molecule has 0 aliphatic heterocycles. The van der Waals surface area contributed by atoms with E-state index in [1.54, 1.807) is 30.3 Å². The van der Waals surface area contributed by atoms with Crippen molar-refractivity contribution in [2.24, 2.45) is 0 Å². The van der Waals surface area contributed by atoms with Gasteiger partial charge in [0, 0.05) is 0 Å². The molecule has 1 unspecified atom stereocenters. The zero-order valence-electron chi connectivity index (χ0n) is 13.0. The Kier molecular flexibility index (Phi) is 4.32. The standard InChI is InChI=1S/C16H14N4O4S/c1-7-17-12(21)10(13(22)18-7)9(8-5-3-2-4-6-8)11-14(23)19-16(25)20-15(11)24/h2-6,9H,1H3,(H2,17,18,21,22)(H3,19,20,23,24,25). The summed E-state index contributed by atoms with van der Waals surface area (Å²) in [5.74, 6) is -2.87. The van der Waals surface area contributed by atoms with E-state index in [1.165, 1.54) is 6.92 Å². The smallest absolute Gasteiger partial charge is 0.223 e. The molecule has 25 heavy (non-hydrogen) atoms. The van der Waals surface area contributed by atoms with Crippen molar-refractivity contribution in [3.63, 3.8) is 0 Å². The monoisotopic (exact) mass is 358 g/mol. The average Bonchev–Trinajstić information content (AvgIpc) is 2.52. The number of benzene rings is 1. The number of hydrogen-bond donors (Lipinski definition) is 5. The minimum atomic E-state index is -1.00. The maximum atomic E-state index is 10.3. The summed E-state index contributed by atoms with van der Waals surface area (Å²) in [5, 5.41) is 40.9. The molecule has 128 valence electrons. The van der Waals surface area contributed by atoms with Crippen molar-refractivity contribution in [2.75, 3.05) is 0 Å². The van der Waals surface area contributed by atoms with E-state index in [-0.39, 0.29) is 22.1 Å². The van der Waals surface area contributed by atoms with Crippen LogP contribution in [0.3, 0.4) is 0 Å². The first-order valence-corrected chi connectivity index (χ1v) is 7.63. The lowest BCUT2D eigenvalue weighted by Crippen LogP contribution is -2.09. The van der Waals surface area contributed by atoms with Crippen molar-refractivity contribution < 1.29 is 20.4 Å². The van der Waals surface area contributed by atoms with Gasteiger partial charge in [-0.15, -0.1) is 12.6 Å². The predicted molar refractivity (Wildman–Crippen MR) is 90.1 cm³/mol. The van der Waals surface area contributed by atoms with Gasteiger partial charge in [-0.05, 0) is 12.5 Å². The van der Waals surface area contributed by atoms with Crippen LogP contribution in [0.2, 0.25) is 0 Å². The fraction of sp³-hybridized carbons (Fsp3) is 0.125. The maximum Gasteiger partial charge on any atom is 0.223 e. The molecule has 0 amide bonds. The van der Waals surface area contributed by atoms with Crippen LogP contribution < -0.4 is 0 Å². The summed E-state index contributed by atoms with van der Waals surface area (Å²) in [4.78, 5) is 15.2. The van der Waals surface area contributed by atoms with Gasteiger partial charge in [-0.25, -0.2) is 0 Å². The molecular weight excluding hydrogens is 344 g/mol. The van der Waals surface area contributed by atoms with Crippen LogP contribution in [0.5, 0.6) is 23.5 Å². The summed E-state index contributed by atoms with van der Waals surface area (Å²) in [6.07, 6.45) is 0. The van der Waals surface area contributed by atoms with Crippen molar-refractivity contribution in [1.29, 1.82) is 0 Å². The van der Waals surface area contributed by atoms with E-state index in [0.717, 1.165) is 0 Å². The van der Waals surface area contributed by atoms with Crippen LogP contribution in [0.1, 0.15) is 28.4 Å². The Morgan fingerprint density at radius 1 is 0.760 bits per heavy atom. The summed E-state index contributed by atoms with van der Waals surface area (Å²) in [6.45, 7) is 1.51. The number of aromatic hydroxyl groups is 4. The summed E-state index contributed by atoms with van der Waals surface area (Å²) in [7, 11) is 0. The Morgan fingerprint density at radius 3 is 1.68 bits per heavy atom. The number of hydrogen-bond acceptors (Lipinski definition) is 9. The molecule has 0 radical (unpaired) electrons. The Bertz CT molecular complexity index is 833. The highest BCUT2D eigenvalue weighted by atomic mass is 32.1. The van der Waals surface area contributed by atoms with Gasteiger partial charge in [-0.1, -0.05) is 30.3 Å². The number of aromatic nitrogens is 4. The fourth-order valence-electron chi connectivity index (χ4n) is 2.63. The van der Waals surface area contributed by atoms with Crippen LogP contribution in [-0.2, 0) is 0 Å². The summed E-state index contributed by atoms with van der Waals surface area (Å²) in [6, 6.07) is 8.62. The second kappa shape index (κ2) is 6.44. The molecule has 2 aromatic heterocycles. The van der Waals surface area contributed by atoms with Crippen molar-refractivity contribution >= 4 is 12.6 Å². The SMILES string of the molecule is Cc1nc(O)c(C(c2ccccc2)c2c(O)nc(S)nc2O)c(O)n1. The van der Waals surface area contributed by atoms with E-state index in [1.807, 2.05) is 0 Å². The van der Waals surface area contributed by atoms with Crippen molar-refractivity contribution in [3.05, 3.63) is 52.8 Å². The van der Waals surface area contributed by atoms with E-state index in [2.05, 4.69) is 32.6 Å². The fourth-order valence-corrected chi connectivity index (χ4v) is 2.82. The Labute approximate surface area is 147 Å². The van der Waals surface area contributed by atoms with E-state index in [0.29, 0.717) is 5.56 Å². The van der Waals surface area contributed by atoms with Gasteiger partial charge in [0.05, 0.1) is 17.0 Å². The normalized spacial score (nSPS) is 12.1. The Morgan fingerprint density at radius 2 is 1.20 bits per heavy atom. The van der Waals surface area contributed by atoms with Gasteiger partial charge in [-0.2, -0.15) is 19.9 Å². The largest absolute Gasteiger partial charge is 0.493 e. The zero-order chi connectivity index (χ0) is 18.1. The maximum absolute atomic E-state index is 10.3. The van der Waals surface area contributed by atoms with Crippen LogP contribution in [0.4, 0.5) is 0 Å². The molecule has 2 heterocycles. The first-order valence-electron chi connectivity index (χ1n) is 7.18. The average molecular weight is 358 g/mol. The van der Waals surface area contributed by atoms with E-state index >= 15 is 0 Å². The van der Waals surface area contributed by atoms with E-state index in [9.17, 15) is 20.4 Å². The molecule has 1 aromatic carbocycles. The van der Waals surface area contributed by atoms with Gasteiger partial charge in [-0.3, -0.25) is 0 Å². The summed E-state index contributed by atoms with van der Waals surface area (Å²) in [5.41, 5.74) is 0.349. The lowest BCUT2D eigenvalue weighted by atomic mass is 9.86. The molecule has 3 aromatic rings. The van der Waals surface area contributed by atoms with Gasteiger partial charge >= 0.3 is 0 Å².